The number of carboxylic acid groups (broad SMARTS) is 1. The Hall–Kier alpha value is -1.41. The predicted molar refractivity (Wildman–Crippen MR) is 74.1 cm³/mol. The molecule has 0 unspecified atom stereocenters. The van der Waals surface area contributed by atoms with Gasteiger partial charge in [-0.1, -0.05) is 0 Å². The average Bonchev–Trinajstić information content (AvgIpc) is 3.32. The number of carbonyl (C=O) groups is 1. The van der Waals surface area contributed by atoms with E-state index in [1.807, 2.05) is 0 Å². The highest BCUT2D eigenvalue weighted by Crippen LogP contribution is 2.60. The second-order valence-electron chi connectivity index (χ2n) is 6.04. The van der Waals surface area contributed by atoms with Crippen LogP contribution in [0.5, 0.6) is 0 Å². The van der Waals surface area contributed by atoms with Gasteiger partial charge in [0.25, 0.3) is 0 Å². The minimum atomic E-state index is -3.56. The molecule has 0 atom stereocenters. The van der Waals surface area contributed by atoms with Crippen molar-refractivity contribution >= 4 is 16.0 Å². The fourth-order valence-electron chi connectivity index (χ4n) is 2.72. The molecule has 21 heavy (non-hydrogen) atoms. The maximum absolute atomic E-state index is 12.2. The number of aromatic nitrogens is 2. The van der Waals surface area contributed by atoms with Gasteiger partial charge in [-0.15, -0.1) is 0 Å². The Kier molecular flexibility index (Phi) is 3.53. The number of aliphatic carboxylic acids is 1. The maximum Gasteiger partial charge on any atom is 0.305 e. The standard InChI is InChI=1S/C13H19N3O4S/c17-12(18)3-6-16-8-11(7-14-16)21(19,20)15-9-13(4-5-13)10-1-2-10/h7-8,10,15H,1-6,9H2,(H,17,18). The summed E-state index contributed by atoms with van der Waals surface area (Å²) < 4.78 is 28.5. The molecule has 3 rings (SSSR count). The number of sulfonamides is 1. The lowest BCUT2D eigenvalue weighted by molar-refractivity contribution is -0.137. The summed E-state index contributed by atoms with van der Waals surface area (Å²) in [6.45, 7) is 0.664. The molecule has 0 aliphatic heterocycles. The van der Waals surface area contributed by atoms with Gasteiger partial charge in [-0.3, -0.25) is 9.48 Å². The molecular formula is C13H19N3O4S. The van der Waals surface area contributed by atoms with E-state index in [9.17, 15) is 13.2 Å². The quantitative estimate of drug-likeness (QED) is 0.740. The third-order valence-electron chi connectivity index (χ3n) is 4.42. The van der Waals surface area contributed by atoms with Gasteiger partial charge in [-0.2, -0.15) is 5.10 Å². The fraction of sp³-hybridized carbons (Fsp3) is 0.692. The van der Waals surface area contributed by atoms with Gasteiger partial charge in [0.15, 0.2) is 0 Å². The van der Waals surface area contributed by atoms with E-state index < -0.39 is 16.0 Å². The molecule has 0 saturated heterocycles. The Morgan fingerprint density at radius 3 is 2.76 bits per heavy atom. The van der Waals surface area contributed by atoms with Gasteiger partial charge in [-0.05, 0) is 37.0 Å². The van der Waals surface area contributed by atoms with E-state index in [-0.39, 0.29) is 23.3 Å². The molecule has 0 aromatic carbocycles. The van der Waals surface area contributed by atoms with Gasteiger partial charge in [0.1, 0.15) is 4.90 Å². The van der Waals surface area contributed by atoms with Crippen LogP contribution in [0.3, 0.4) is 0 Å². The highest BCUT2D eigenvalue weighted by molar-refractivity contribution is 7.89. The topological polar surface area (TPSA) is 101 Å². The normalized spacial score (nSPS) is 20.4. The van der Waals surface area contributed by atoms with Crippen molar-refractivity contribution in [3.63, 3.8) is 0 Å². The number of hydrogen-bond donors (Lipinski definition) is 2. The van der Waals surface area contributed by atoms with Crippen LogP contribution in [0.2, 0.25) is 0 Å². The molecule has 2 saturated carbocycles. The van der Waals surface area contributed by atoms with Crippen LogP contribution in [0.1, 0.15) is 32.1 Å². The highest BCUT2D eigenvalue weighted by Gasteiger charge is 2.53. The third-order valence-corrected chi connectivity index (χ3v) is 5.78. The average molecular weight is 313 g/mol. The second kappa shape index (κ2) is 5.10. The number of nitrogens with zero attached hydrogens (tertiary/aromatic N) is 2. The van der Waals surface area contributed by atoms with Crippen LogP contribution in [0, 0.1) is 11.3 Å². The molecule has 2 aliphatic rings. The van der Waals surface area contributed by atoms with Crippen LogP contribution in [-0.4, -0.2) is 35.8 Å². The molecule has 0 radical (unpaired) electrons. The molecule has 2 fully saturated rings. The Labute approximate surface area is 123 Å². The van der Waals surface area contributed by atoms with Gasteiger partial charge >= 0.3 is 5.97 Å². The van der Waals surface area contributed by atoms with Gasteiger partial charge < -0.3 is 5.11 Å². The summed E-state index contributed by atoms with van der Waals surface area (Å²) in [6, 6.07) is 0. The summed E-state index contributed by atoms with van der Waals surface area (Å²) in [6.07, 6.45) is 7.21. The van der Waals surface area contributed by atoms with E-state index in [2.05, 4.69) is 9.82 Å². The molecule has 8 heteroatoms. The van der Waals surface area contributed by atoms with Crippen molar-refractivity contribution in [1.82, 2.24) is 14.5 Å². The van der Waals surface area contributed by atoms with Crippen molar-refractivity contribution < 1.29 is 18.3 Å². The molecule has 7 nitrogen and oxygen atoms in total. The smallest absolute Gasteiger partial charge is 0.305 e. The largest absolute Gasteiger partial charge is 0.481 e. The summed E-state index contributed by atoms with van der Waals surface area (Å²) >= 11 is 0. The summed E-state index contributed by atoms with van der Waals surface area (Å²) in [4.78, 5) is 10.6. The van der Waals surface area contributed by atoms with Crippen molar-refractivity contribution in [2.45, 2.75) is 43.5 Å². The first kappa shape index (κ1) is 14.5. The van der Waals surface area contributed by atoms with Crippen molar-refractivity contribution in [3.05, 3.63) is 12.4 Å². The monoisotopic (exact) mass is 313 g/mol. The Balaban J connectivity index is 1.60. The van der Waals surface area contributed by atoms with E-state index in [1.54, 1.807) is 0 Å². The summed E-state index contributed by atoms with van der Waals surface area (Å²) in [5.41, 5.74) is 0.201. The zero-order chi connectivity index (χ0) is 15.1. The Bertz CT molecular complexity index is 644. The number of nitrogens with one attached hydrogen (secondary N) is 1. The molecular weight excluding hydrogens is 294 g/mol. The molecule has 2 N–H and O–H groups in total. The first-order valence-electron chi connectivity index (χ1n) is 7.15. The molecule has 0 spiro atoms. The van der Waals surface area contributed by atoms with Crippen molar-refractivity contribution in [2.75, 3.05) is 6.54 Å². The highest BCUT2D eigenvalue weighted by atomic mass is 32.2. The minimum Gasteiger partial charge on any atom is -0.481 e. The van der Waals surface area contributed by atoms with Gasteiger partial charge in [-0.25, -0.2) is 13.1 Å². The van der Waals surface area contributed by atoms with Crippen LogP contribution in [0.25, 0.3) is 0 Å². The minimum absolute atomic E-state index is 0.0839. The van der Waals surface area contributed by atoms with E-state index in [0.29, 0.717) is 12.5 Å². The third kappa shape index (κ3) is 3.26. The Morgan fingerprint density at radius 2 is 2.19 bits per heavy atom. The van der Waals surface area contributed by atoms with E-state index >= 15 is 0 Å². The number of hydrogen-bond acceptors (Lipinski definition) is 4. The van der Waals surface area contributed by atoms with Crippen LogP contribution in [0.4, 0.5) is 0 Å². The van der Waals surface area contributed by atoms with Crippen molar-refractivity contribution in [2.24, 2.45) is 11.3 Å². The summed E-state index contributed by atoms with van der Waals surface area (Å²) in [7, 11) is -3.56. The van der Waals surface area contributed by atoms with E-state index in [1.165, 1.54) is 29.9 Å². The lowest BCUT2D eigenvalue weighted by Crippen LogP contribution is -2.31. The first-order valence-corrected chi connectivity index (χ1v) is 8.64. The number of rotatable bonds is 8. The van der Waals surface area contributed by atoms with Gasteiger partial charge in [0.05, 0.1) is 19.2 Å². The molecule has 2 aliphatic carbocycles. The number of carboxylic acids is 1. The van der Waals surface area contributed by atoms with Crippen LogP contribution >= 0.6 is 0 Å². The zero-order valence-corrected chi connectivity index (χ0v) is 12.5. The van der Waals surface area contributed by atoms with E-state index in [4.69, 9.17) is 5.11 Å². The zero-order valence-electron chi connectivity index (χ0n) is 11.7. The lowest BCUT2D eigenvalue weighted by atomic mass is 10.0. The predicted octanol–water partition coefficient (Wildman–Crippen LogP) is 0.826. The van der Waals surface area contributed by atoms with Crippen LogP contribution in [-0.2, 0) is 21.4 Å². The molecule has 116 valence electrons. The molecule has 1 heterocycles. The summed E-state index contributed by atoms with van der Waals surface area (Å²) in [5.74, 6) is -0.244. The van der Waals surface area contributed by atoms with E-state index in [0.717, 1.165) is 12.8 Å². The van der Waals surface area contributed by atoms with Crippen LogP contribution < -0.4 is 4.72 Å². The fourth-order valence-corrected chi connectivity index (χ4v) is 3.81. The second-order valence-corrected chi connectivity index (χ2v) is 7.81. The molecule has 1 aromatic rings. The molecule has 0 amide bonds. The van der Waals surface area contributed by atoms with Crippen molar-refractivity contribution in [3.8, 4) is 0 Å². The summed E-state index contributed by atoms with van der Waals surface area (Å²) in [5, 5.41) is 12.5. The first-order chi connectivity index (χ1) is 9.91. The molecule has 1 aromatic heterocycles. The lowest BCUT2D eigenvalue weighted by Gasteiger charge is -2.14. The van der Waals surface area contributed by atoms with Crippen LogP contribution in [0.15, 0.2) is 17.3 Å². The molecule has 0 bridgehead atoms. The SMILES string of the molecule is O=C(O)CCn1cc(S(=O)(=O)NCC2(C3CC3)CC2)cn1. The maximum atomic E-state index is 12.2. The number of aryl methyl sites for hydroxylation is 1. The Morgan fingerprint density at radius 1 is 1.48 bits per heavy atom. The van der Waals surface area contributed by atoms with Crippen molar-refractivity contribution in [1.29, 1.82) is 0 Å². The van der Waals surface area contributed by atoms with Gasteiger partial charge in [0, 0.05) is 12.7 Å². The van der Waals surface area contributed by atoms with Gasteiger partial charge in [0.2, 0.25) is 10.0 Å².